The first-order valence-electron chi connectivity index (χ1n) is 3.11. The minimum absolute atomic E-state index is 0. The molecule has 0 unspecified atom stereocenters. The van der Waals surface area contributed by atoms with Crippen molar-refractivity contribution >= 4 is 5.91 Å². The molecule has 0 aliphatic carbocycles. The molecule has 1 rings (SSSR count). The summed E-state index contributed by atoms with van der Waals surface area (Å²) in [5.74, 6) is -0.286. The average molecular weight is 323 g/mol. The third kappa shape index (κ3) is 45.9. The second kappa shape index (κ2) is 51.7. The van der Waals surface area contributed by atoms with E-state index in [1.165, 1.54) is 0 Å². The molecule has 0 bridgehead atoms. The summed E-state index contributed by atoms with van der Waals surface area (Å²) >= 11 is 0. The van der Waals surface area contributed by atoms with Gasteiger partial charge in [0.1, 0.15) is 0 Å². The maximum atomic E-state index is 10.4. The van der Waals surface area contributed by atoms with Crippen LogP contribution < -0.4 is 73.4 Å². The Bertz CT molecular complexity index is 234. The van der Waals surface area contributed by atoms with Crippen molar-refractivity contribution in [2.75, 3.05) is 0 Å². The predicted molar refractivity (Wildman–Crippen MR) is 94.6 cm³/mol. The smallest absolute Gasteiger partial charge is 0.221 e. The lowest BCUT2D eigenvalue weighted by Crippen LogP contribution is -2.13. The Hall–Kier alpha value is -1.75. The van der Waals surface area contributed by atoms with Crippen molar-refractivity contribution in [3.63, 3.8) is 0 Å². The van der Waals surface area contributed by atoms with Gasteiger partial charge in [-0.2, -0.15) is 0 Å². The molecular weight excluding hydrogens is 280 g/mol. The predicted octanol–water partition coefficient (Wildman–Crippen LogP) is 2.50. The molecule has 0 saturated carbocycles. The molecule has 1 aromatic carbocycles. The van der Waals surface area contributed by atoms with Crippen molar-refractivity contribution in [3.8, 4) is 0 Å². The molecule has 0 radical (unpaired) electrons. The van der Waals surface area contributed by atoms with Crippen LogP contribution in [0.15, 0.2) is 30.3 Å². The van der Waals surface area contributed by atoms with Gasteiger partial charge in [-0.05, 0) is 5.56 Å². The van der Waals surface area contributed by atoms with Gasteiger partial charge in [-0.25, -0.2) is 0 Å². The molecule has 0 aliphatic heterocycles. The molecule has 0 heterocycles. The van der Waals surface area contributed by atoms with Crippen molar-refractivity contribution in [2.45, 2.75) is 6.42 Å². The molecule has 13 heteroatoms. The third-order valence-electron chi connectivity index (χ3n) is 1.22. The maximum absolute atomic E-state index is 10.4. The first-order valence-corrected chi connectivity index (χ1v) is 3.11. The van der Waals surface area contributed by atoms with E-state index in [-0.39, 0.29) is 73.6 Å². The van der Waals surface area contributed by atoms with Gasteiger partial charge in [0.2, 0.25) is 5.91 Å². The summed E-state index contributed by atoms with van der Waals surface area (Å²) in [6.07, 6.45) is 0.334. The summed E-state index contributed by atoms with van der Waals surface area (Å²) in [7, 11) is 0. The molecule has 1 amide bonds. The number of benzene rings is 1. The van der Waals surface area contributed by atoms with Gasteiger partial charge < -0.3 is 73.4 Å². The van der Waals surface area contributed by atoms with Gasteiger partial charge in [0.25, 0.3) is 0 Å². The van der Waals surface area contributed by atoms with E-state index in [0.29, 0.717) is 6.42 Å². The summed E-state index contributed by atoms with van der Waals surface area (Å²) < 4.78 is 0. The standard InChI is InChI=1S/C8H9NO.11H3N/c9-8(10)6-7-4-2-1-3-5-7;;;;;;;;;;;/h1-5H,6H2,(H2,9,10);11*1H3. The second-order valence-electron chi connectivity index (χ2n) is 2.13. The van der Waals surface area contributed by atoms with Gasteiger partial charge in [-0.1, -0.05) is 30.3 Å². The van der Waals surface area contributed by atoms with E-state index in [2.05, 4.69) is 0 Å². The van der Waals surface area contributed by atoms with Crippen LogP contribution in [0.1, 0.15) is 5.56 Å². The summed E-state index contributed by atoms with van der Waals surface area (Å²) in [6.45, 7) is 0. The number of rotatable bonds is 2. The van der Waals surface area contributed by atoms with Gasteiger partial charge >= 0.3 is 0 Å². The number of carbonyl (C=O) groups excluding carboxylic acids is 1. The molecule has 0 atom stereocenters. The van der Waals surface area contributed by atoms with E-state index < -0.39 is 0 Å². The van der Waals surface area contributed by atoms with Crippen LogP contribution in [0.2, 0.25) is 0 Å². The summed E-state index contributed by atoms with van der Waals surface area (Å²) in [5, 5.41) is 0. The van der Waals surface area contributed by atoms with Crippen LogP contribution in [0.4, 0.5) is 0 Å². The zero-order valence-electron chi connectivity index (χ0n) is 13.4. The fourth-order valence-electron chi connectivity index (χ4n) is 0.797. The molecule has 0 aliphatic rings. The highest BCUT2D eigenvalue weighted by atomic mass is 16.1. The van der Waals surface area contributed by atoms with Gasteiger partial charge in [0.05, 0.1) is 6.42 Å². The van der Waals surface area contributed by atoms with Crippen LogP contribution in [0.25, 0.3) is 0 Å². The number of hydrogen-bond donors (Lipinski definition) is 12. The zero-order valence-corrected chi connectivity index (χ0v) is 13.4. The minimum atomic E-state index is -0.286. The molecule has 0 saturated heterocycles. The van der Waals surface area contributed by atoms with Crippen molar-refractivity contribution in [1.29, 1.82) is 0 Å². The van der Waals surface area contributed by atoms with Gasteiger partial charge in [-0.3, -0.25) is 4.79 Å². The van der Waals surface area contributed by atoms with E-state index >= 15 is 0 Å². The van der Waals surface area contributed by atoms with Crippen molar-refractivity contribution in [1.82, 2.24) is 67.7 Å². The lowest BCUT2D eigenvalue weighted by molar-refractivity contribution is -0.117. The van der Waals surface area contributed by atoms with Crippen LogP contribution in [0, 0.1) is 0 Å². The van der Waals surface area contributed by atoms with E-state index in [1.54, 1.807) is 0 Å². The Morgan fingerprint density at radius 2 is 0.952 bits per heavy atom. The largest absolute Gasteiger partial charge is 0.369 e. The molecular formula is C8H42N12O. The van der Waals surface area contributed by atoms with Crippen molar-refractivity contribution in [3.05, 3.63) is 35.9 Å². The lowest BCUT2D eigenvalue weighted by atomic mass is 10.1. The summed E-state index contributed by atoms with van der Waals surface area (Å²) in [5.41, 5.74) is 5.95. The SMILES string of the molecule is N.N.N.N.N.N.N.N.N.N.N.NC(=O)Cc1ccccc1. The third-order valence-corrected chi connectivity index (χ3v) is 1.22. The number of carbonyl (C=O) groups is 1. The normalized spacial score (nSPS) is 4.38. The number of hydrogen-bond acceptors (Lipinski definition) is 12. The Morgan fingerprint density at radius 1 is 0.667 bits per heavy atom. The van der Waals surface area contributed by atoms with Crippen LogP contribution in [-0.2, 0) is 11.2 Å². The highest BCUT2D eigenvalue weighted by molar-refractivity contribution is 5.76. The van der Waals surface area contributed by atoms with E-state index in [1.807, 2.05) is 30.3 Å². The highest BCUT2D eigenvalue weighted by Crippen LogP contribution is 1.97. The maximum Gasteiger partial charge on any atom is 0.221 e. The van der Waals surface area contributed by atoms with Crippen molar-refractivity contribution in [2.24, 2.45) is 5.73 Å². The fraction of sp³-hybridized carbons (Fsp3) is 0.125. The molecule has 0 aromatic heterocycles. The van der Waals surface area contributed by atoms with E-state index in [9.17, 15) is 4.79 Å². The number of amides is 1. The molecule has 35 N–H and O–H groups in total. The summed E-state index contributed by atoms with van der Waals surface area (Å²) in [6, 6.07) is 9.44. The topological polar surface area (TPSA) is 428 Å². The van der Waals surface area contributed by atoms with Crippen molar-refractivity contribution < 1.29 is 4.79 Å². The van der Waals surface area contributed by atoms with E-state index in [4.69, 9.17) is 5.73 Å². The lowest BCUT2D eigenvalue weighted by Gasteiger charge is -1.93. The Balaban J connectivity index is -0.0000000101. The van der Waals surface area contributed by atoms with Gasteiger partial charge in [0, 0.05) is 0 Å². The van der Waals surface area contributed by atoms with Crippen LogP contribution >= 0.6 is 0 Å². The van der Waals surface area contributed by atoms with Gasteiger partial charge in [0.15, 0.2) is 0 Å². The van der Waals surface area contributed by atoms with Crippen LogP contribution in [0.3, 0.4) is 0 Å². The first-order chi connectivity index (χ1) is 4.79. The molecule has 1 aromatic rings. The first kappa shape index (κ1) is 94.2. The van der Waals surface area contributed by atoms with Crippen LogP contribution in [-0.4, -0.2) is 5.91 Å². The molecule has 0 fully saturated rings. The summed E-state index contributed by atoms with van der Waals surface area (Å²) in [4.78, 5) is 10.4. The fourth-order valence-corrected chi connectivity index (χ4v) is 0.797. The van der Waals surface area contributed by atoms with E-state index in [0.717, 1.165) is 5.56 Å². The number of primary amides is 1. The highest BCUT2D eigenvalue weighted by Gasteiger charge is 1.94. The molecule has 0 spiro atoms. The number of nitrogens with two attached hydrogens (primary N) is 1. The van der Waals surface area contributed by atoms with Gasteiger partial charge in [-0.15, -0.1) is 0 Å². The quantitative estimate of drug-likeness (QED) is 0.373. The zero-order chi connectivity index (χ0) is 7.40. The Morgan fingerprint density at radius 3 is 1.19 bits per heavy atom. The average Bonchev–Trinajstić information content (AvgIpc) is 1.88. The second-order valence-corrected chi connectivity index (χ2v) is 2.13. The minimum Gasteiger partial charge on any atom is -0.369 e. The Kier molecular flexibility index (Phi) is 232. The Labute approximate surface area is 127 Å². The monoisotopic (exact) mass is 322 g/mol. The molecule has 140 valence electrons. The molecule has 21 heavy (non-hydrogen) atoms. The van der Waals surface area contributed by atoms with Crippen LogP contribution in [0.5, 0.6) is 0 Å². The molecule has 13 nitrogen and oxygen atoms in total.